The van der Waals surface area contributed by atoms with Crippen LogP contribution in [-0.2, 0) is 21.6 Å². The van der Waals surface area contributed by atoms with E-state index in [1.165, 1.54) is 12.1 Å². The van der Waals surface area contributed by atoms with Gasteiger partial charge < -0.3 is 21.1 Å². The number of aryl methyl sites for hydroxylation is 2. The summed E-state index contributed by atoms with van der Waals surface area (Å²) in [6.07, 6.45) is 3.69. The van der Waals surface area contributed by atoms with Gasteiger partial charge in [0.25, 0.3) is 5.91 Å². The molecule has 2 aromatic carbocycles. The summed E-state index contributed by atoms with van der Waals surface area (Å²) in [7, 11) is 0. The number of hydrogen-bond acceptors (Lipinski definition) is 5. The standard InChI is InChI=1S/C30H34FN5O3/c1-6-36-25-17(2)11-19(12-20(25)15-34-36)27(37)33-14-18(3)24-13-23-26(39-16-29(23,4)28(32)38)30(5,35-24)21-7-9-22(31)10-8-21/h7-13,15,18,35H,6,14,16H2,1-5H3,(H2,32,38)(H,33,37)/t18?,29-,30?/m0/s1. The number of benzene rings is 2. The van der Waals surface area contributed by atoms with Gasteiger partial charge in [0.15, 0.2) is 0 Å². The normalized spacial score (nSPS) is 23.1. The lowest BCUT2D eigenvalue weighted by molar-refractivity contribution is -0.125. The molecule has 3 atom stereocenters. The van der Waals surface area contributed by atoms with E-state index in [1.807, 2.05) is 50.6 Å². The minimum absolute atomic E-state index is 0.122. The first-order valence-corrected chi connectivity index (χ1v) is 13.2. The molecule has 204 valence electrons. The summed E-state index contributed by atoms with van der Waals surface area (Å²) in [5.74, 6) is -0.562. The number of nitrogens with one attached hydrogen (secondary N) is 2. The number of hydrogen-bond donors (Lipinski definition) is 3. The van der Waals surface area contributed by atoms with Crippen molar-refractivity contribution < 1.29 is 18.7 Å². The number of ether oxygens (including phenoxy) is 1. The number of rotatable bonds is 7. The molecule has 39 heavy (non-hydrogen) atoms. The number of carbonyl (C=O) groups excluding carboxylic acids is 2. The fourth-order valence-corrected chi connectivity index (χ4v) is 5.53. The van der Waals surface area contributed by atoms with Crippen molar-refractivity contribution in [2.75, 3.05) is 13.2 Å². The van der Waals surface area contributed by atoms with Crippen LogP contribution in [0.2, 0.25) is 0 Å². The Morgan fingerprint density at radius 2 is 1.97 bits per heavy atom. The summed E-state index contributed by atoms with van der Waals surface area (Å²) in [6.45, 7) is 10.9. The van der Waals surface area contributed by atoms with Gasteiger partial charge in [0.05, 0.1) is 11.7 Å². The summed E-state index contributed by atoms with van der Waals surface area (Å²) >= 11 is 0. The molecule has 0 spiro atoms. The molecule has 4 N–H and O–H groups in total. The summed E-state index contributed by atoms with van der Waals surface area (Å²) in [5.41, 5.74) is 8.82. The van der Waals surface area contributed by atoms with Crippen LogP contribution in [-0.4, -0.2) is 34.7 Å². The smallest absolute Gasteiger partial charge is 0.251 e. The average Bonchev–Trinajstić information content (AvgIpc) is 3.49. The van der Waals surface area contributed by atoms with E-state index in [1.54, 1.807) is 25.3 Å². The highest BCUT2D eigenvalue weighted by molar-refractivity contribution is 5.99. The van der Waals surface area contributed by atoms with E-state index in [9.17, 15) is 14.0 Å². The first kappa shape index (κ1) is 26.5. The Morgan fingerprint density at radius 1 is 1.26 bits per heavy atom. The van der Waals surface area contributed by atoms with E-state index in [-0.39, 0.29) is 24.2 Å². The minimum Gasteiger partial charge on any atom is -0.493 e. The molecule has 0 bridgehead atoms. The second-order valence-electron chi connectivity index (χ2n) is 10.9. The largest absolute Gasteiger partial charge is 0.493 e. The summed E-state index contributed by atoms with van der Waals surface area (Å²) in [4.78, 5) is 25.7. The molecule has 0 fully saturated rings. The molecule has 2 amide bonds. The molecule has 8 nitrogen and oxygen atoms in total. The zero-order valence-corrected chi connectivity index (χ0v) is 22.9. The number of fused-ring (bicyclic) bond motifs is 1. The number of allylic oxidation sites excluding steroid dienone is 1. The van der Waals surface area contributed by atoms with Crippen LogP contribution in [0.15, 0.2) is 65.7 Å². The molecule has 0 saturated carbocycles. The van der Waals surface area contributed by atoms with Crippen molar-refractivity contribution in [2.24, 2.45) is 17.1 Å². The lowest BCUT2D eigenvalue weighted by atomic mass is 9.75. The van der Waals surface area contributed by atoms with Crippen molar-refractivity contribution in [1.82, 2.24) is 20.4 Å². The van der Waals surface area contributed by atoms with Crippen LogP contribution in [0, 0.1) is 24.1 Å². The fourth-order valence-electron chi connectivity index (χ4n) is 5.53. The molecule has 2 aliphatic heterocycles. The van der Waals surface area contributed by atoms with Crippen LogP contribution >= 0.6 is 0 Å². The molecule has 3 heterocycles. The molecule has 5 rings (SSSR count). The minimum atomic E-state index is -1.01. The summed E-state index contributed by atoms with van der Waals surface area (Å²) in [5, 5.41) is 11.9. The molecule has 0 aliphatic carbocycles. The number of nitrogens with zero attached hydrogens (tertiary/aromatic N) is 2. The van der Waals surface area contributed by atoms with E-state index in [2.05, 4.69) is 15.7 Å². The molecular formula is C30H34FN5O3. The van der Waals surface area contributed by atoms with Gasteiger partial charge in [0.1, 0.15) is 29.1 Å². The van der Waals surface area contributed by atoms with Crippen molar-refractivity contribution in [3.63, 3.8) is 0 Å². The van der Waals surface area contributed by atoms with Crippen LogP contribution in [0.1, 0.15) is 49.2 Å². The third-order valence-electron chi connectivity index (χ3n) is 8.04. The highest BCUT2D eigenvalue weighted by Crippen LogP contribution is 2.48. The van der Waals surface area contributed by atoms with E-state index in [0.717, 1.165) is 34.3 Å². The molecule has 2 unspecified atom stereocenters. The Morgan fingerprint density at radius 3 is 2.64 bits per heavy atom. The maximum Gasteiger partial charge on any atom is 0.251 e. The third-order valence-corrected chi connectivity index (χ3v) is 8.04. The van der Waals surface area contributed by atoms with Gasteiger partial charge in [-0.25, -0.2) is 4.39 Å². The van der Waals surface area contributed by atoms with Crippen molar-refractivity contribution in [1.29, 1.82) is 0 Å². The molecule has 0 saturated heterocycles. The number of dihydropyridines is 1. The first-order valence-electron chi connectivity index (χ1n) is 13.2. The summed E-state index contributed by atoms with van der Waals surface area (Å²) in [6, 6.07) is 9.93. The second kappa shape index (κ2) is 9.55. The Labute approximate surface area is 227 Å². The number of carbonyl (C=O) groups is 2. The maximum absolute atomic E-state index is 13.7. The Hall–Kier alpha value is -4.14. The lowest BCUT2D eigenvalue weighted by Crippen LogP contribution is -2.47. The molecule has 1 aromatic heterocycles. The number of halogens is 1. The predicted octanol–water partition coefficient (Wildman–Crippen LogP) is 4.05. The quantitative estimate of drug-likeness (QED) is 0.426. The van der Waals surface area contributed by atoms with Crippen molar-refractivity contribution in [3.05, 3.63) is 88.2 Å². The number of amides is 2. The Balaban J connectivity index is 1.42. The van der Waals surface area contributed by atoms with E-state index >= 15 is 0 Å². The van der Waals surface area contributed by atoms with Crippen LogP contribution in [0.5, 0.6) is 0 Å². The predicted molar refractivity (Wildman–Crippen MR) is 147 cm³/mol. The molecule has 3 aromatic rings. The molecule has 9 heteroatoms. The third kappa shape index (κ3) is 4.35. The highest BCUT2D eigenvalue weighted by atomic mass is 19.1. The number of nitrogens with two attached hydrogens (primary N) is 1. The maximum atomic E-state index is 13.7. The molecule has 0 radical (unpaired) electrons. The first-order chi connectivity index (χ1) is 18.5. The van der Waals surface area contributed by atoms with Crippen LogP contribution in [0.3, 0.4) is 0 Å². The van der Waals surface area contributed by atoms with Gasteiger partial charge >= 0.3 is 0 Å². The van der Waals surface area contributed by atoms with Crippen molar-refractivity contribution >= 4 is 22.7 Å². The van der Waals surface area contributed by atoms with E-state index < -0.39 is 16.9 Å². The SMILES string of the molecule is CCn1ncc2cc(C(=O)NCC(C)C3=CC4=C(OC[C@]4(C)C(N)=O)C(C)(c4ccc(F)cc4)N3)cc(C)c21. The van der Waals surface area contributed by atoms with Crippen LogP contribution in [0.25, 0.3) is 10.9 Å². The summed E-state index contributed by atoms with van der Waals surface area (Å²) < 4.78 is 21.7. The topological polar surface area (TPSA) is 111 Å². The van der Waals surface area contributed by atoms with E-state index in [4.69, 9.17) is 10.5 Å². The number of primary amides is 1. The van der Waals surface area contributed by atoms with Gasteiger partial charge in [-0.05, 0) is 69.2 Å². The van der Waals surface area contributed by atoms with Gasteiger partial charge in [0, 0.05) is 41.2 Å². The van der Waals surface area contributed by atoms with Gasteiger partial charge in [-0.2, -0.15) is 5.10 Å². The Kier molecular flexibility index (Phi) is 6.48. The zero-order valence-electron chi connectivity index (χ0n) is 22.9. The van der Waals surface area contributed by atoms with Crippen LogP contribution in [0.4, 0.5) is 4.39 Å². The van der Waals surface area contributed by atoms with Gasteiger partial charge in [0.2, 0.25) is 5.91 Å². The molecular weight excluding hydrogens is 497 g/mol. The van der Waals surface area contributed by atoms with Gasteiger partial charge in [-0.3, -0.25) is 14.3 Å². The average molecular weight is 532 g/mol. The number of aromatic nitrogens is 2. The van der Waals surface area contributed by atoms with Crippen molar-refractivity contribution in [3.8, 4) is 0 Å². The molecule has 2 aliphatic rings. The highest BCUT2D eigenvalue weighted by Gasteiger charge is 2.51. The van der Waals surface area contributed by atoms with Crippen molar-refractivity contribution in [2.45, 2.75) is 46.7 Å². The van der Waals surface area contributed by atoms with E-state index in [0.29, 0.717) is 23.4 Å². The zero-order chi connectivity index (χ0) is 28.1. The van der Waals surface area contributed by atoms with Gasteiger partial charge in [-0.15, -0.1) is 0 Å². The fraction of sp³-hybridized carbons (Fsp3) is 0.367. The lowest BCUT2D eigenvalue weighted by Gasteiger charge is -2.39. The van der Waals surface area contributed by atoms with Crippen LogP contribution < -0.4 is 16.4 Å². The Bertz CT molecular complexity index is 1540. The van der Waals surface area contributed by atoms with Gasteiger partial charge in [-0.1, -0.05) is 19.1 Å². The second-order valence-corrected chi connectivity index (χ2v) is 10.9. The monoisotopic (exact) mass is 531 g/mol.